The molecule has 112 valence electrons. The Labute approximate surface area is 131 Å². The van der Waals surface area contributed by atoms with Crippen LogP contribution in [0.2, 0.25) is 0 Å². The minimum absolute atomic E-state index is 0.206. The molecule has 0 bridgehead atoms. The van der Waals surface area contributed by atoms with Gasteiger partial charge >= 0.3 is 0 Å². The number of Topliss-reactive ketones (excluding diaryl/α,β-unsaturated/α-hetero) is 1. The Hall–Kier alpha value is -1.45. The monoisotopic (exact) mass is 301 g/mol. The first-order chi connectivity index (χ1) is 9.97. The van der Waals surface area contributed by atoms with Crippen LogP contribution in [0.15, 0.2) is 35.7 Å². The molecular formula is C18H23NOS. The Balaban J connectivity index is 2.11. The van der Waals surface area contributed by atoms with E-state index in [1.54, 1.807) is 11.3 Å². The van der Waals surface area contributed by atoms with Crippen LogP contribution in [0.25, 0.3) is 0 Å². The van der Waals surface area contributed by atoms with Gasteiger partial charge in [-0.15, -0.1) is 11.3 Å². The quantitative estimate of drug-likeness (QED) is 0.734. The van der Waals surface area contributed by atoms with Crippen LogP contribution in [0.4, 0.5) is 0 Å². The lowest BCUT2D eigenvalue weighted by atomic mass is 10.0. The highest BCUT2D eigenvalue weighted by Gasteiger charge is 2.17. The summed E-state index contributed by atoms with van der Waals surface area (Å²) in [6.07, 6.45) is 0. The summed E-state index contributed by atoms with van der Waals surface area (Å²) in [4.78, 5) is 16.1. The number of hydrogen-bond acceptors (Lipinski definition) is 3. The van der Waals surface area contributed by atoms with E-state index in [1.807, 2.05) is 19.1 Å². The van der Waals surface area contributed by atoms with Crippen molar-refractivity contribution in [2.24, 2.45) is 0 Å². The molecule has 1 aromatic carbocycles. The van der Waals surface area contributed by atoms with Gasteiger partial charge in [0, 0.05) is 23.0 Å². The first-order valence-electron chi connectivity index (χ1n) is 7.34. The Kier molecular flexibility index (Phi) is 5.32. The second kappa shape index (κ2) is 7.01. The largest absolute Gasteiger partial charge is 0.293 e. The predicted octanol–water partition coefficient (Wildman–Crippen LogP) is 4.46. The maximum Gasteiger partial charge on any atom is 0.177 e. The van der Waals surface area contributed by atoms with Gasteiger partial charge in [0.2, 0.25) is 0 Å². The van der Waals surface area contributed by atoms with E-state index >= 15 is 0 Å². The average molecular weight is 301 g/mol. The molecule has 21 heavy (non-hydrogen) atoms. The van der Waals surface area contributed by atoms with Gasteiger partial charge in [0.1, 0.15) is 0 Å². The van der Waals surface area contributed by atoms with Crippen LogP contribution < -0.4 is 0 Å². The van der Waals surface area contributed by atoms with E-state index in [-0.39, 0.29) is 5.78 Å². The summed E-state index contributed by atoms with van der Waals surface area (Å²) < 4.78 is 0. The number of carbonyl (C=O) groups excluding carboxylic acids is 1. The molecule has 0 atom stereocenters. The van der Waals surface area contributed by atoms with Crippen molar-refractivity contribution in [3.63, 3.8) is 0 Å². The fourth-order valence-corrected chi connectivity index (χ4v) is 3.15. The van der Waals surface area contributed by atoms with Crippen molar-refractivity contribution in [1.82, 2.24) is 4.90 Å². The number of hydrogen-bond donors (Lipinski definition) is 0. The normalized spacial score (nSPS) is 11.3. The van der Waals surface area contributed by atoms with Crippen LogP contribution in [0.1, 0.15) is 40.2 Å². The second-order valence-electron chi connectivity index (χ2n) is 5.82. The summed E-state index contributed by atoms with van der Waals surface area (Å²) in [6.45, 7) is 9.66. The molecule has 0 aliphatic carbocycles. The molecule has 2 rings (SSSR count). The summed E-state index contributed by atoms with van der Waals surface area (Å²) in [5, 5.41) is 2.08. The van der Waals surface area contributed by atoms with Gasteiger partial charge in [-0.3, -0.25) is 9.69 Å². The van der Waals surface area contributed by atoms with Gasteiger partial charge in [-0.1, -0.05) is 29.8 Å². The van der Waals surface area contributed by atoms with Gasteiger partial charge in [-0.2, -0.15) is 0 Å². The van der Waals surface area contributed by atoms with Crippen molar-refractivity contribution in [3.05, 3.63) is 57.3 Å². The van der Waals surface area contributed by atoms with E-state index in [1.165, 1.54) is 10.4 Å². The van der Waals surface area contributed by atoms with Crippen molar-refractivity contribution < 1.29 is 4.79 Å². The third-order valence-electron chi connectivity index (χ3n) is 3.70. The minimum Gasteiger partial charge on any atom is -0.293 e. The molecule has 3 heteroatoms. The fraction of sp³-hybridized carbons (Fsp3) is 0.389. The molecule has 2 nitrogen and oxygen atoms in total. The van der Waals surface area contributed by atoms with E-state index in [0.29, 0.717) is 12.6 Å². The van der Waals surface area contributed by atoms with Crippen molar-refractivity contribution in [3.8, 4) is 0 Å². The van der Waals surface area contributed by atoms with Crippen LogP contribution in [0, 0.1) is 13.8 Å². The predicted molar refractivity (Wildman–Crippen MR) is 90.1 cm³/mol. The summed E-state index contributed by atoms with van der Waals surface area (Å²) in [6, 6.07) is 10.6. The molecule has 0 N–H and O–H groups in total. The Morgan fingerprint density at radius 3 is 2.57 bits per heavy atom. The van der Waals surface area contributed by atoms with E-state index in [9.17, 15) is 4.79 Å². The average Bonchev–Trinajstić information content (AvgIpc) is 2.90. The molecule has 0 aliphatic heterocycles. The molecule has 0 unspecified atom stereocenters. The number of thiophene rings is 1. The Bertz CT molecular complexity index is 602. The zero-order chi connectivity index (χ0) is 15.4. The number of aryl methyl sites for hydroxylation is 2. The van der Waals surface area contributed by atoms with E-state index in [4.69, 9.17) is 0 Å². The van der Waals surface area contributed by atoms with Gasteiger partial charge in [0.05, 0.1) is 6.54 Å². The number of ketones is 1. The molecule has 0 saturated carbocycles. The van der Waals surface area contributed by atoms with E-state index in [0.717, 1.165) is 17.7 Å². The Morgan fingerprint density at radius 2 is 2.00 bits per heavy atom. The maximum atomic E-state index is 12.6. The van der Waals surface area contributed by atoms with Crippen molar-refractivity contribution in [2.45, 2.75) is 40.3 Å². The third-order valence-corrected chi connectivity index (χ3v) is 4.56. The van der Waals surface area contributed by atoms with Crippen LogP contribution in [0.3, 0.4) is 0 Å². The molecule has 0 spiro atoms. The number of rotatable bonds is 6. The topological polar surface area (TPSA) is 20.3 Å². The zero-order valence-electron chi connectivity index (χ0n) is 13.2. The summed E-state index contributed by atoms with van der Waals surface area (Å²) in [7, 11) is 0. The number of carbonyl (C=O) groups is 1. The highest BCUT2D eigenvalue weighted by molar-refractivity contribution is 7.09. The minimum atomic E-state index is 0.206. The number of nitrogens with zero attached hydrogens (tertiary/aromatic N) is 1. The molecule has 1 aromatic heterocycles. The van der Waals surface area contributed by atoms with Gasteiger partial charge < -0.3 is 0 Å². The lowest BCUT2D eigenvalue weighted by molar-refractivity contribution is 0.0898. The maximum absolute atomic E-state index is 12.6. The molecule has 0 fully saturated rings. The molecule has 0 saturated heterocycles. The lowest BCUT2D eigenvalue weighted by Crippen LogP contribution is -2.35. The smallest absolute Gasteiger partial charge is 0.177 e. The van der Waals surface area contributed by atoms with Crippen molar-refractivity contribution in [1.29, 1.82) is 0 Å². The van der Waals surface area contributed by atoms with Crippen LogP contribution >= 0.6 is 11.3 Å². The molecular weight excluding hydrogens is 278 g/mol. The molecule has 2 aromatic rings. The standard InChI is InChI=1S/C18H23NOS/c1-13(2)19(11-16-6-5-9-21-16)12-18(20)17-8-7-14(3)10-15(17)4/h5-10,13H,11-12H2,1-4H3. The highest BCUT2D eigenvalue weighted by Crippen LogP contribution is 2.16. The zero-order valence-corrected chi connectivity index (χ0v) is 14.0. The highest BCUT2D eigenvalue weighted by atomic mass is 32.1. The third kappa shape index (κ3) is 4.26. The lowest BCUT2D eigenvalue weighted by Gasteiger charge is -2.25. The van der Waals surface area contributed by atoms with Crippen molar-refractivity contribution in [2.75, 3.05) is 6.54 Å². The van der Waals surface area contributed by atoms with Gasteiger partial charge in [0.25, 0.3) is 0 Å². The van der Waals surface area contributed by atoms with Gasteiger partial charge in [-0.25, -0.2) is 0 Å². The van der Waals surface area contributed by atoms with Crippen LogP contribution in [-0.2, 0) is 6.54 Å². The molecule has 0 aliphatic rings. The first-order valence-corrected chi connectivity index (χ1v) is 8.22. The van der Waals surface area contributed by atoms with Crippen molar-refractivity contribution >= 4 is 17.1 Å². The first kappa shape index (κ1) is 15.9. The number of benzene rings is 1. The van der Waals surface area contributed by atoms with Gasteiger partial charge in [0.15, 0.2) is 5.78 Å². The van der Waals surface area contributed by atoms with Crippen LogP contribution in [0.5, 0.6) is 0 Å². The summed E-state index contributed by atoms with van der Waals surface area (Å²) >= 11 is 1.74. The molecule has 0 radical (unpaired) electrons. The fourth-order valence-electron chi connectivity index (χ4n) is 2.42. The summed E-state index contributed by atoms with van der Waals surface area (Å²) in [5.74, 6) is 0.206. The molecule has 0 amide bonds. The van der Waals surface area contributed by atoms with Crippen LogP contribution in [-0.4, -0.2) is 23.3 Å². The van der Waals surface area contributed by atoms with Gasteiger partial charge in [-0.05, 0) is 44.7 Å². The molecule has 1 heterocycles. The van der Waals surface area contributed by atoms with E-state index < -0.39 is 0 Å². The summed E-state index contributed by atoms with van der Waals surface area (Å²) in [5.41, 5.74) is 3.11. The van der Waals surface area contributed by atoms with E-state index in [2.05, 4.69) is 49.3 Å². The second-order valence-corrected chi connectivity index (χ2v) is 6.85. The SMILES string of the molecule is Cc1ccc(C(=O)CN(Cc2cccs2)C(C)C)c(C)c1. The Morgan fingerprint density at radius 1 is 1.24 bits per heavy atom.